The second-order valence-electron chi connectivity index (χ2n) is 7.99. The smallest absolute Gasteiger partial charge is 0.356 e. The first-order valence-corrected chi connectivity index (χ1v) is 12.1. The standard InChI is InChI=1S/C25H23BrN6O3.ClH/c1-4-20-27-14(3)22(25(33)34-5-2)32(20)13-15-10-11-19-18(12-15)21(26)23(35-19)16-8-6-7-9-17(16)24-28-30-31-29-24;/h6-12H,4-5,13H2,1-3H3,(H,28,29,30,31);1H. The summed E-state index contributed by atoms with van der Waals surface area (Å²) >= 11 is 3.75. The van der Waals surface area contributed by atoms with Crippen molar-refractivity contribution in [2.24, 2.45) is 0 Å². The van der Waals surface area contributed by atoms with E-state index in [-0.39, 0.29) is 18.4 Å². The summed E-state index contributed by atoms with van der Waals surface area (Å²) in [6, 6.07) is 13.8. The van der Waals surface area contributed by atoms with Gasteiger partial charge in [0.15, 0.2) is 11.5 Å². The van der Waals surface area contributed by atoms with Crippen molar-refractivity contribution in [1.82, 2.24) is 30.2 Å². The number of hydrogen-bond acceptors (Lipinski definition) is 7. The summed E-state index contributed by atoms with van der Waals surface area (Å²) in [6.45, 7) is 6.46. The molecule has 5 aromatic rings. The van der Waals surface area contributed by atoms with Gasteiger partial charge in [-0.15, -0.1) is 17.5 Å². The number of aromatic amines is 1. The number of nitrogens with one attached hydrogen (secondary N) is 1. The van der Waals surface area contributed by atoms with Crippen LogP contribution in [-0.2, 0) is 17.7 Å². The van der Waals surface area contributed by atoms with Crippen molar-refractivity contribution < 1.29 is 13.9 Å². The Hall–Kier alpha value is -3.50. The maximum Gasteiger partial charge on any atom is 0.356 e. The highest BCUT2D eigenvalue weighted by Gasteiger charge is 2.22. The topological polar surface area (TPSA) is 112 Å². The number of imidazole rings is 1. The summed E-state index contributed by atoms with van der Waals surface area (Å²) in [5, 5.41) is 15.2. The van der Waals surface area contributed by atoms with E-state index in [1.54, 1.807) is 6.92 Å². The minimum absolute atomic E-state index is 0. The fraction of sp³-hybridized carbons (Fsp3) is 0.240. The molecule has 5 rings (SSSR count). The molecule has 0 saturated carbocycles. The van der Waals surface area contributed by atoms with Crippen LogP contribution in [0.4, 0.5) is 0 Å². The van der Waals surface area contributed by atoms with Gasteiger partial charge < -0.3 is 13.7 Å². The Balaban J connectivity index is 0.00000304. The second kappa shape index (κ2) is 10.6. The van der Waals surface area contributed by atoms with Crippen LogP contribution >= 0.6 is 28.3 Å². The zero-order chi connectivity index (χ0) is 24.5. The lowest BCUT2D eigenvalue weighted by Crippen LogP contribution is -2.15. The molecule has 0 saturated heterocycles. The molecule has 3 heterocycles. The zero-order valence-corrected chi connectivity index (χ0v) is 22.3. The highest BCUT2D eigenvalue weighted by molar-refractivity contribution is 9.10. The molecule has 36 heavy (non-hydrogen) atoms. The second-order valence-corrected chi connectivity index (χ2v) is 8.79. The lowest BCUT2D eigenvalue weighted by atomic mass is 10.0. The highest BCUT2D eigenvalue weighted by atomic mass is 79.9. The third-order valence-corrected chi connectivity index (χ3v) is 6.60. The van der Waals surface area contributed by atoms with Crippen molar-refractivity contribution in [2.75, 3.05) is 6.61 Å². The molecule has 0 aliphatic carbocycles. The quantitative estimate of drug-likeness (QED) is 0.247. The summed E-state index contributed by atoms with van der Waals surface area (Å²) in [4.78, 5) is 17.2. The van der Waals surface area contributed by atoms with Crippen LogP contribution in [-0.4, -0.2) is 42.8 Å². The highest BCUT2D eigenvalue weighted by Crippen LogP contribution is 2.41. The van der Waals surface area contributed by atoms with Crippen LogP contribution in [0.2, 0.25) is 0 Å². The van der Waals surface area contributed by atoms with Crippen molar-refractivity contribution in [1.29, 1.82) is 0 Å². The normalized spacial score (nSPS) is 11.0. The third kappa shape index (κ3) is 4.54. The molecular weight excluding hydrogens is 548 g/mol. The van der Waals surface area contributed by atoms with Gasteiger partial charge in [0.2, 0.25) is 0 Å². The lowest BCUT2D eigenvalue weighted by Gasteiger charge is -2.11. The Morgan fingerprint density at radius 2 is 1.94 bits per heavy atom. The third-order valence-electron chi connectivity index (χ3n) is 5.81. The molecule has 1 N–H and O–H groups in total. The number of nitrogens with zero attached hydrogens (tertiary/aromatic N) is 5. The fourth-order valence-electron chi connectivity index (χ4n) is 4.26. The summed E-state index contributed by atoms with van der Waals surface area (Å²) in [5.41, 5.74) is 4.61. The molecule has 0 aliphatic rings. The molecule has 0 fully saturated rings. The van der Waals surface area contributed by atoms with Gasteiger partial charge in [0.25, 0.3) is 0 Å². The Bertz CT molecular complexity index is 1530. The molecule has 3 aromatic heterocycles. The number of carbonyl (C=O) groups excluding carboxylic acids is 1. The molecule has 0 atom stereocenters. The molecule has 0 aliphatic heterocycles. The van der Waals surface area contributed by atoms with Crippen LogP contribution in [0.3, 0.4) is 0 Å². The number of halogens is 2. The largest absolute Gasteiger partial charge is 0.461 e. The zero-order valence-electron chi connectivity index (χ0n) is 19.9. The molecule has 0 bridgehead atoms. The summed E-state index contributed by atoms with van der Waals surface area (Å²) in [6.07, 6.45) is 0.704. The molecule has 0 radical (unpaired) electrons. The number of H-pyrrole nitrogens is 1. The number of benzene rings is 2. The van der Waals surface area contributed by atoms with Crippen molar-refractivity contribution in [3.05, 3.63) is 69.7 Å². The average Bonchev–Trinajstić information content (AvgIpc) is 3.58. The SMILES string of the molecule is CCOC(=O)c1c(C)nc(CC)n1Cc1ccc2oc(-c3ccccc3-c3nnn[nH]3)c(Br)c2c1.Cl. The number of tetrazole rings is 1. The van der Waals surface area contributed by atoms with Crippen LogP contribution in [0, 0.1) is 6.92 Å². The predicted octanol–water partition coefficient (Wildman–Crippen LogP) is 5.76. The van der Waals surface area contributed by atoms with Gasteiger partial charge in [0.05, 0.1) is 16.8 Å². The number of aryl methyl sites for hydroxylation is 2. The Morgan fingerprint density at radius 3 is 2.64 bits per heavy atom. The van der Waals surface area contributed by atoms with Crippen molar-refractivity contribution in [3.8, 4) is 22.7 Å². The van der Waals surface area contributed by atoms with E-state index in [2.05, 4.69) is 47.6 Å². The minimum Gasteiger partial charge on any atom is -0.461 e. The van der Waals surface area contributed by atoms with Gasteiger partial charge in [0, 0.05) is 29.5 Å². The van der Waals surface area contributed by atoms with Gasteiger partial charge in [-0.25, -0.2) is 14.9 Å². The van der Waals surface area contributed by atoms with E-state index in [4.69, 9.17) is 9.15 Å². The van der Waals surface area contributed by atoms with E-state index in [0.717, 1.165) is 38.0 Å². The molecule has 0 spiro atoms. The first kappa shape index (κ1) is 25.6. The number of hydrogen-bond donors (Lipinski definition) is 1. The van der Waals surface area contributed by atoms with Crippen molar-refractivity contribution in [2.45, 2.75) is 33.7 Å². The van der Waals surface area contributed by atoms with E-state index >= 15 is 0 Å². The van der Waals surface area contributed by atoms with Crippen LogP contribution in [0.25, 0.3) is 33.7 Å². The number of fused-ring (bicyclic) bond motifs is 1. The molecule has 11 heteroatoms. The first-order chi connectivity index (χ1) is 17.0. The number of esters is 1. The summed E-state index contributed by atoms with van der Waals surface area (Å²) in [7, 11) is 0. The van der Waals surface area contributed by atoms with Gasteiger partial charge in [-0.05, 0) is 57.9 Å². The molecule has 186 valence electrons. The van der Waals surface area contributed by atoms with Crippen molar-refractivity contribution >= 4 is 45.3 Å². The lowest BCUT2D eigenvalue weighted by molar-refractivity contribution is 0.0513. The summed E-state index contributed by atoms with van der Waals surface area (Å²) in [5.74, 6) is 1.72. The van der Waals surface area contributed by atoms with Crippen LogP contribution in [0.15, 0.2) is 51.4 Å². The molecule has 0 unspecified atom stereocenters. The van der Waals surface area contributed by atoms with E-state index in [9.17, 15) is 4.79 Å². The minimum atomic E-state index is -0.358. The van der Waals surface area contributed by atoms with Gasteiger partial charge in [0.1, 0.15) is 17.2 Å². The van der Waals surface area contributed by atoms with Crippen LogP contribution < -0.4 is 0 Å². The number of rotatable bonds is 7. The number of ether oxygens (including phenoxy) is 1. The Morgan fingerprint density at radius 1 is 1.17 bits per heavy atom. The van der Waals surface area contributed by atoms with Crippen molar-refractivity contribution in [3.63, 3.8) is 0 Å². The van der Waals surface area contributed by atoms with Gasteiger partial charge in [-0.2, -0.15) is 0 Å². The van der Waals surface area contributed by atoms with E-state index in [1.165, 1.54) is 0 Å². The fourth-order valence-corrected chi connectivity index (χ4v) is 4.86. The monoisotopic (exact) mass is 570 g/mol. The molecule has 2 aromatic carbocycles. The molecule has 0 amide bonds. The summed E-state index contributed by atoms with van der Waals surface area (Å²) < 4.78 is 14.3. The maximum absolute atomic E-state index is 12.6. The molecule has 9 nitrogen and oxygen atoms in total. The van der Waals surface area contributed by atoms with Crippen LogP contribution in [0.5, 0.6) is 0 Å². The van der Waals surface area contributed by atoms with E-state index < -0.39 is 0 Å². The van der Waals surface area contributed by atoms with Gasteiger partial charge in [-0.1, -0.05) is 37.3 Å². The predicted molar refractivity (Wildman–Crippen MR) is 141 cm³/mol. The number of aromatic nitrogens is 6. The average molecular weight is 572 g/mol. The van der Waals surface area contributed by atoms with Crippen LogP contribution in [0.1, 0.15) is 41.4 Å². The number of furan rings is 1. The Labute approximate surface area is 221 Å². The maximum atomic E-state index is 12.6. The molecular formula is C25H24BrClN6O3. The van der Waals surface area contributed by atoms with Gasteiger partial charge >= 0.3 is 5.97 Å². The van der Waals surface area contributed by atoms with E-state index in [0.29, 0.717) is 42.5 Å². The Kier molecular flexibility index (Phi) is 7.56. The van der Waals surface area contributed by atoms with Gasteiger partial charge in [-0.3, -0.25) is 0 Å². The number of carbonyl (C=O) groups is 1. The van der Waals surface area contributed by atoms with E-state index in [1.807, 2.05) is 54.8 Å². The first-order valence-electron chi connectivity index (χ1n) is 11.3.